The maximum Gasteiger partial charge on any atom is 0.186 e. The number of hydrogen-bond acceptors (Lipinski definition) is 4. The van der Waals surface area contributed by atoms with Gasteiger partial charge in [-0.15, -0.1) is 0 Å². The van der Waals surface area contributed by atoms with Crippen LogP contribution in [0.25, 0.3) is 0 Å². The smallest absolute Gasteiger partial charge is 0.186 e. The number of nitrogens with one attached hydrogen (secondary N) is 2. The van der Waals surface area contributed by atoms with Gasteiger partial charge in [0.15, 0.2) is 16.6 Å². The first-order chi connectivity index (χ1) is 13.0. The molecule has 0 heterocycles. The maximum atomic E-state index is 6.00. The first kappa shape index (κ1) is 21.2. The molecule has 2 N–H and O–H groups in total. The maximum absolute atomic E-state index is 6.00. The van der Waals surface area contributed by atoms with Crippen molar-refractivity contribution in [3.8, 4) is 11.5 Å². The quantitative estimate of drug-likeness (QED) is 0.351. The zero-order chi connectivity index (χ0) is 19.6. The molecular weight excluding hydrogens is 426 g/mol. The summed E-state index contributed by atoms with van der Waals surface area (Å²) in [5, 5.41) is 7.60. The summed E-state index contributed by atoms with van der Waals surface area (Å²) in [5.74, 6) is 1.35. The monoisotopic (exact) mass is 449 g/mol. The summed E-state index contributed by atoms with van der Waals surface area (Å²) < 4.78 is 12.6. The second kappa shape index (κ2) is 10.9. The summed E-state index contributed by atoms with van der Waals surface area (Å²) in [6.07, 6.45) is 1.68. The van der Waals surface area contributed by atoms with Crippen LogP contribution in [0, 0.1) is 6.92 Å². The Bertz CT molecular complexity index is 812. The van der Waals surface area contributed by atoms with Gasteiger partial charge in [-0.25, -0.2) is 0 Å². The second-order valence-corrected chi connectivity index (χ2v) is 7.02. The molecule has 0 bridgehead atoms. The van der Waals surface area contributed by atoms with E-state index in [1.807, 2.05) is 38.1 Å². The molecule has 0 unspecified atom stereocenters. The third-order valence-electron chi connectivity index (χ3n) is 3.55. The molecule has 5 nitrogen and oxygen atoms in total. The van der Waals surface area contributed by atoms with Crippen molar-refractivity contribution < 1.29 is 9.47 Å². The van der Waals surface area contributed by atoms with Gasteiger partial charge in [0.25, 0.3) is 0 Å². The molecular formula is C20H24BrN3O2S. The lowest BCUT2D eigenvalue weighted by atomic mass is 10.1. The molecule has 144 valence electrons. The van der Waals surface area contributed by atoms with Crippen LogP contribution in [0.2, 0.25) is 0 Å². The third kappa shape index (κ3) is 6.84. The van der Waals surface area contributed by atoms with E-state index >= 15 is 0 Å². The van der Waals surface area contributed by atoms with Gasteiger partial charge in [-0.3, -0.25) is 5.43 Å². The van der Waals surface area contributed by atoms with E-state index in [9.17, 15) is 0 Å². The highest BCUT2D eigenvalue weighted by Gasteiger charge is 2.10. The fourth-order valence-corrected chi connectivity index (χ4v) is 2.98. The molecule has 27 heavy (non-hydrogen) atoms. The Morgan fingerprint density at radius 1 is 1.19 bits per heavy atom. The molecule has 2 aromatic rings. The van der Waals surface area contributed by atoms with E-state index in [1.54, 1.807) is 6.21 Å². The van der Waals surface area contributed by atoms with Gasteiger partial charge in [-0.2, -0.15) is 5.10 Å². The molecule has 0 saturated carbocycles. The highest BCUT2D eigenvalue weighted by molar-refractivity contribution is 9.10. The molecule has 0 aromatic heterocycles. The number of halogens is 1. The van der Waals surface area contributed by atoms with Crippen molar-refractivity contribution in [2.24, 2.45) is 5.10 Å². The summed E-state index contributed by atoms with van der Waals surface area (Å²) in [7, 11) is 0. The lowest BCUT2D eigenvalue weighted by Crippen LogP contribution is -2.31. The van der Waals surface area contributed by atoms with Gasteiger partial charge in [0.2, 0.25) is 0 Å². The highest BCUT2D eigenvalue weighted by atomic mass is 79.9. The van der Waals surface area contributed by atoms with Crippen LogP contribution in [0.1, 0.15) is 30.5 Å². The first-order valence-electron chi connectivity index (χ1n) is 8.75. The summed E-state index contributed by atoms with van der Waals surface area (Å²) >= 11 is 8.65. The Morgan fingerprint density at radius 3 is 2.67 bits per heavy atom. The summed E-state index contributed by atoms with van der Waals surface area (Å²) in [6.45, 7) is 7.73. The van der Waals surface area contributed by atoms with E-state index in [4.69, 9.17) is 21.7 Å². The van der Waals surface area contributed by atoms with E-state index in [2.05, 4.69) is 50.8 Å². The highest BCUT2D eigenvalue weighted by Crippen LogP contribution is 2.33. The molecule has 0 aliphatic heterocycles. The normalized spacial score (nSPS) is 10.7. The molecule has 0 fully saturated rings. The van der Waals surface area contributed by atoms with Crippen LogP contribution in [0.4, 0.5) is 0 Å². The van der Waals surface area contributed by atoms with Crippen molar-refractivity contribution in [1.82, 2.24) is 10.7 Å². The van der Waals surface area contributed by atoms with Crippen LogP contribution >= 0.6 is 28.1 Å². The molecule has 0 radical (unpaired) electrons. The van der Waals surface area contributed by atoms with Crippen LogP contribution in [-0.4, -0.2) is 24.5 Å². The van der Waals surface area contributed by atoms with E-state index in [0.29, 0.717) is 29.8 Å². The molecule has 0 atom stereocenters. The van der Waals surface area contributed by atoms with E-state index in [-0.39, 0.29) is 0 Å². The zero-order valence-corrected chi connectivity index (χ0v) is 18.1. The number of ether oxygens (including phenoxy) is 2. The van der Waals surface area contributed by atoms with Gasteiger partial charge in [-0.05, 0) is 66.6 Å². The summed E-state index contributed by atoms with van der Waals surface area (Å²) in [5.41, 5.74) is 5.95. The van der Waals surface area contributed by atoms with Crippen LogP contribution in [0.3, 0.4) is 0 Å². The minimum Gasteiger partial charge on any atom is -0.490 e. The molecule has 2 rings (SSSR count). The summed E-state index contributed by atoms with van der Waals surface area (Å²) in [6, 6.07) is 12.0. The summed E-state index contributed by atoms with van der Waals surface area (Å²) in [4.78, 5) is 0. The number of aryl methyl sites for hydroxylation is 1. The minimum atomic E-state index is 0.472. The molecule has 0 aliphatic rings. The lowest BCUT2D eigenvalue weighted by molar-refractivity contribution is 0.269. The average Bonchev–Trinajstić information content (AvgIpc) is 2.63. The molecule has 0 spiro atoms. The van der Waals surface area contributed by atoms with Gasteiger partial charge in [0.1, 0.15) is 6.61 Å². The Morgan fingerprint density at radius 2 is 1.96 bits per heavy atom. The largest absolute Gasteiger partial charge is 0.490 e. The topological polar surface area (TPSA) is 54.9 Å². The standard InChI is InChI=1S/C20H24BrN3O2S/c1-4-22-20(27)24-23-12-16-10-18(25-5-2)19(11-17(16)21)26-13-15-8-6-7-14(3)9-15/h6-12H,4-5,13H2,1-3H3,(H2,22,24,27)/b23-12-. The van der Waals surface area contributed by atoms with Crippen molar-refractivity contribution in [3.05, 3.63) is 57.6 Å². The van der Waals surface area contributed by atoms with Gasteiger partial charge >= 0.3 is 0 Å². The van der Waals surface area contributed by atoms with Crippen LogP contribution in [0.5, 0.6) is 11.5 Å². The molecule has 7 heteroatoms. The van der Waals surface area contributed by atoms with Crippen LogP contribution in [0.15, 0.2) is 46.0 Å². The van der Waals surface area contributed by atoms with Crippen molar-refractivity contribution in [1.29, 1.82) is 0 Å². The molecule has 0 amide bonds. The van der Waals surface area contributed by atoms with Gasteiger partial charge < -0.3 is 14.8 Å². The third-order valence-corrected chi connectivity index (χ3v) is 4.47. The fourth-order valence-electron chi connectivity index (χ4n) is 2.35. The van der Waals surface area contributed by atoms with Gasteiger partial charge in [0.05, 0.1) is 12.8 Å². The Kier molecular flexibility index (Phi) is 8.54. The SMILES string of the molecule is CCNC(=S)N/N=C\c1cc(OCC)c(OCc2cccc(C)c2)cc1Br. The van der Waals surface area contributed by atoms with Crippen LogP contribution < -0.4 is 20.2 Å². The number of rotatable bonds is 8. The molecule has 0 aliphatic carbocycles. The Balaban J connectivity index is 2.14. The Labute approximate surface area is 174 Å². The predicted molar refractivity (Wildman–Crippen MR) is 118 cm³/mol. The lowest BCUT2D eigenvalue weighted by Gasteiger charge is -2.14. The zero-order valence-electron chi connectivity index (χ0n) is 15.7. The fraction of sp³-hybridized carbons (Fsp3) is 0.300. The number of benzene rings is 2. The van der Waals surface area contributed by atoms with Crippen LogP contribution in [-0.2, 0) is 6.61 Å². The molecule has 2 aromatic carbocycles. The van der Waals surface area contributed by atoms with E-state index in [1.165, 1.54) is 5.56 Å². The number of nitrogens with zero attached hydrogens (tertiary/aromatic N) is 1. The molecule has 0 saturated heterocycles. The predicted octanol–water partition coefficient (Wildman–Crippen LogP) is 4.55. The van der Waals surface area contributed by atoms with Gasteiger partial charge in [-0.1, -0.05) is 29.8 Å². The first-order valence-corrected chi connectivity index (χ1v) is 9.95. The van der Waals surface area contributed by atoms with Crippen molar-refractivity contribution in [3.63, 3.8) is 0 Å². The van der Waals surface area contributed by atoms with Crippen molar-refractivity contribution in [2.45, 2.75) is 27.4 Å². The average molecular weight is 450 g/mol. The van der Waals surface area contributed by atoms with Crippen molar-refractivity contribution >= 4 is 39.5 Å². The number of hydrazone groups is 1. The number of hydrogen-bond donors (Lipinski definition) is 2. The number of thiocarbonyl (C=S) groups is 1. The second-order valence-electron chi connectivity index (χ2n) is 5.76. The van der Waals surface area contributed by atoms with Gasteiger partial charge in [0, 0.05) is 16.6 Å². The minimum absolute atomic E-state index is 0.472. The van der Waals surface area contributed by atoms with E-state index < -0.39 is 0 Å². The van der Waals surface area contributed by atoms with E-state index in [0.717, 1.165) is 22.1 Å². The van der Waals surface area contributed by atoms with Crippen molar-refractivity contribution in [2.75, 3.05) is 13.2 Å². The Hall–Kier alpha value is -2.12.